The second-order valence-corrected chi connectivity index (χ2v) is 8.09. The number of carbonyl (C=O) groups excluding carboxylic acids is 2. The number of aliphatic imine (C=N–C) groups is 1. The van der Waals surface area contributed by atoms with Crippen molar-refractivity contribution in [1.29, 1.82) is 0 Å². The maximum Gasteiger partial charge on any atom is 0.255 e. The number of allylic oxidation sites excluding steroid dienone is 3. The van der Waals surface area contributed by atoms with Crippen molar-refractivity contribution in [2.45, 2.75) is 20.8 Å². The van der Waals surface area contributed by atoms with E-state index in [-0.39, 0.29) is 10.7 Å². The number of Topliss-reactive ketones (excluding diaryl/α,β-unsaturated/α-hetero) is 1. The molecule has 0 aromatic heterocycles. The summed E-state index contributed by atoms with van der Waals surface area (Å²) in [6.07, 6.45) is 1.54. The van der Waals surface area contributed by atoms with E-state index in [0.717, 1.165) is 5.69 Å². The van der Waals surface area contributed by atoms with Crippen LogP contribution in [0.15, 0.2) is 69.8 Å². The number of benzene rings is 2. The molecule has 1 amide bonds. The summed E-state index contributed by atoms with van der Waals surface area (Å²) in [6.45, 7) is 6.33. The zero-order chi connectivity index (χ0) is 24.8. The lowest BCUT2D eigenvalue weighted by molar-refractivity contribution is -0.112. The molecule has 0 heterocycles. The number of halogens is 1. The van der Waals surface area contributed by atoms with Crippen molar-refractivity contribution in [1.82, 2.24) is 5.32 Å². The van der Waals surface area contributed by atoms with Crippen LogP contribution >= 0.6 is 11.6 Å². The minimum atomic E-state index is -0.470. The molecule has 1 aliphatic rings. The summed E-state index contributed by atoms with van der Waals surface area (Å²) in [4.78, 5) is 32.3. The summed E-state index contributed by atoms with van der Waals surface area (Å²) in [7, 11) is 3.92. The summed E-state index contributed by atoms with van der Waals surface area (Å²) < 4.78 is 11.1. The Kier molecular flexibility index (Phi) is 8.12. The van der Waals surface area contributed by atoms with Gasteiger partial charge in [-0.2, -0.15) is 0 Å². The molecule has 3 rings (SSSR count). The van der Waals surface area contributed by atoms with E-state index in [1.165, 1.54) is 0 Å². The van der Waals surface area contributed by atoms with Gasteiger partial charge in [-0.05, 0) is 74.9 Å². The molecule has 0 unspecified atom stereocenters. The molecule has 0 radical (unpaired) electrons. The molecule has 0 fully saturated rings. The largest absolute Gasteiger partial charge is 0.490 e. The van der Waals surface area contributed by atoms with Gasteiger partial charge in [0.1, 0.15) is 0 Å². The Bertz CT molecular complexity index is 1180. The van der Waals surface area contributed by atoms with E-state index in [4.69, 9.17) is 21.1 Å². The molecule has 2 aromatic carbocycles. The van der Waals surface area contributed by atoms with E-state index >= 15 is 0 Å². The standard InChI is InChI=1S/C26H28ClN3O4/c1-6-33-22-13-8-17(14-23(22)34-7-2)26(32)29-21-15-20(16(3)24(27)25(21)31)28-18-9-11-19(12-10-18)30(4)5/h8-15H,6-7H2,1-5H3,(H,29,32)/b28-20+. The van der Waals surface area contributed by atoms with Gasteiger partial charge in [0, 0.05) is 25.3 Å². The number of hydrogen-bond donors (Lipinski definition) is 1. The van der Waals surface area contributed by atoms with Gasteiger partial charge < -0.3 is 19.7 Å². The van der Waals surface area contributed by atoms with Gasteiger partial charge in [-0.3, -0.25) is 9.59 Å². The van der Waals surface area contributed by atoms with Gasteiger partial charge >= 0.3 is 0 Å². The maximum absolute atomic E-state index is 12.9. The van der Waals surface area contributed by atoms with E-state index in [0.29, 0.717) is 47.2 Å². The number of ketones is 1. The van der Waals surface area contributed by atoms with Gasteiger partial charge in [0.05, 0.1) is 35.3 Å². The molecule has 7 nitrogen and oxygen atoms in total. The van der Waals surface area contributed by atoms with Gasteiger partial charge in [0.15, 0.2) is 11.5 Å². The average Bonchev–Trinajstić information content (AvgIpc) is 2.82. The van der Waals surface area contributed by atoms with Gasteiger partial charge in [0.2, 0.25) is 5.78 Å². The highest BCUT2D eigenvalue weighted by atomic mass is 35.5. The number of amides is 1. The topological polar surface area (TPSA) is 80.2 Å². The molecule has 0 atom stereocenters. The maximum atomic E-state index is 12.9. The van der Waals surface area contributed by atoms with E-state index in [2.05, 4.69) is 10.3 Å². The van der Waals surface area contributed by atoms with Crippen LogP contribution in [-0.4, -0.2) is 44.7 Å². The van der Waals surface area contributed by atoms with Crippen molar-refractivity contribution in [2.24, 2.45) is 4.99 Å². The Balaban J connectivity index is 1.89. The molecule has 1 N–H and O–H groups in total. The number of hydrogen-bond acceptors (Lipinski definition) is 6. The van der Waals surface area contributed by atoms with Crippen molar-refractivity contribution in [3.05, 3.63) is 70.4 Å². The summed E-state index contributed by atoms with van der Waals surface area (Å²) in [5, 5.41) is 2.68. The Morgan fingerprint density at radius 2 is 1.68 bits per heavy atom. The van der Waals surface area contributed by atoms with Crippen LogP contribution in [-0.2, 0) is 4.79 Å². The first-order valence-electron chi connectivity index (χ1n) is 10.9. The molecule has 34 heavy (non-hydrogen) atoms. The minimum Gasteiger partial charge on any atom is -0.490 e. The molecule has 0 spiro atoms. The summed E-state index contributed by atoms with van der Waals surface area (Å²) >= 11 is 6.31. The van der Waals surface area contributed by atoms with Crippen LogP contribution in [0.3, 0.4) is 0 Å². The molecular formula is C26H28ClN3O4. The van der Waals surface area contributed by atoms with Crippen molar-refractivity contribution < 1.29 is 19.1 Å². The van der Waals surface area contributed by atoms with E-state index in [1.807, 2.05) is 57.1 Å². The first-order chi connectivity index (χ1) is 16.2. The molecule has 0 saturated carbocycles. The molecule has 0 bridgehead atoms. The smallest absolute Gasteiger partial charge is 0.255 e. The monoisotopic (exact) mass is 481 g/mol. The van der Waals surface area contributed by atoms with E-state index in [1.54, 1.807) is 31.2 Å². The van der Waals surface area contributed by atoms with Crippen molar-refractivity contribution in [2.75, 3.05) is 32.2 Å². The highest BCUT2D eigenvalue weighted by Gasteiger charge is 2.26. The predicted molar refractivity (Wildman–Crippen MR) is 136 cm³/mol. The van der Waals surface area contributed by atoms with Gasteiger partial charge in [-0.15, -0.1) is 0 Å². The Hall–Kier alpha value is -3.58. The highest BCUT2D eigenvalue weighted by Crippen LogP contribution is 2.29. The number of nitrogens with one attached hydrogen (secondary N) is 1. The van der Waals surface area contributed by atoms with Crippen LogP contribution in [0.25, 0.3) is 0 Å². The molecule has 1 aliphatic carbocycles. The Morgan fingerprint density at radius 3 is 2.29 bits per heavy atom. The number of rotatable bonds is 8. The van der Waals surface area contributed by atoms with Gasteiger partial charge in [0.25, 0.3) is 5.91 Å². The molecule has 0 saturated heterocycles. The van der Waals surface area contributed by atoms with Crippen molar-refractivity contribution in [3.8, 4) is 11.5 Å². The molecular weight excluding hydrogens is 454 g/mol. The summed E-state index contributed by atoms with van der Waals surface area (Å²) in [5.74, 6) is 0.0657. The van der Waals surface area contributed by atoms with Crippen LogP contribution in [0.4, 0.5) is 11.4 Å². The van der Waals surface area contributed by atoms with Crippen LogP contribution in [0.1, 0.15) is 31.1 Å². The lowest BCUT2D eigenvalue weighted by atomic mass is 10.0. The molecule has 178 valence electrons. The minimum absolute atomic E-state index is 0.0168. The number of nitrogens with zero attached hydrogens (tertiary/aromatic N) is 2. The fraction of sp³-hybridized carbons (Fsp3) is 0.269. The van der Waals surface area contributed by atoms with E-state index < -0.39 is 11.7 Å². The zero-order valence-corrected chi connectivity index (χ0v) is 20.7. The number of carbonyl (C=O) groups is 2. The van der Waals surface area contributed by atoms with Crippen molar-refractivity contribution >= 4 is 40.4 Å². The first-order valence-corrected chi connectivity index (χ1v) is 11.3. The summed E-state index contributed by atoms with van der Waals surface area (Å²) in [5.41, 5.74) is 3.16. The van der Waals surface area contributed by atoms with Crippen LogP contribution in [0.2, 0.25) is 0 Å². The second-order valence-electron chi connectivity index (χ2n) is 7.72. The fourth-order valence-electron chi connectivity index (χ4n) is 3.27. The second kappa shape index (κ2) is 11.0. The van der Waals surface area contributed by atoms with Gasteiger partial charge in [-0.1, -0.05) is 11.6 Å². The third-order valence-electron chi connectivity index (χ3n) is 5.11. The predicted octanol–water partition coefficient (Wildman–Crippen LogP) is 5.03. The first kappa shape index (κ1) is 25.1. The summed E-state index contributed by atoms with van der Waals surface area (Å²) in [6, 6.07) is 12.5. The quantitative estimate of drug-likeness (QED) is 0.535. The number of ether oxygens (including phenoxy) is 2. The molecule has 0 aliphatic heterocycles. The lowest BCUT2D eigenvalue weighted by Crippen LogP contribution is -2.31. The normalized spacial score (nSPS) is 14.7. The third kappa shape index (κ3) is 5.66. The highest BCUT2D eigenvalue weighted by molar-refractivity contribution is 6.49. The molecule has 8 heteroatoms. The Labute approximate surface area is 204 Å². The fourth-order valence-corrected chi connectivity index (χ4v) is 3.47. The zero-order valence-electron chi connectivity index (χ0n) is 19.9. The van der Waals surface area contributed by atoms with Crippen LogP contribution in [0.5, 0.6) is 11.5 Å². The van der Waals surface area contributed by atoms with Crippen LogP contribution in [0, 0.1) is 0 Å². The molecule has 2 aromatic rings. The van der Waals surface area contributed by atoms with Crippen molar-refractivity contribution in [3.63, 3.8) is 0 Å². The number of anilines is 1. The average molecular weight is 482 g/mol. The Morgan fingerprint density at radius 1 is 1.03 bits per heavy atom. The lowest BCUT2D eigenvalue weighted by Gasteiger charge is -2.17. The third-order valence-corrected chi connectivity index (χ3v) is 5.56. The van der Waals surface area contributed by atoms with Crippen LogP contribution < -0.4 is 19.7 Å². The van der Waals surface area contributed by atoms with E-state index in [9.17, 15) is 9.59 Å². The van der Waals surface area contributed by atoms with Gasteiger partial charge in [-0.25, -0.2) is 4.99 Å². The SMILES string of the molecule is CCOc1ccc(C(=O)NC2=C/C(=N\c3ccc(N(C)C)cc3)C(C)=C(Cl)C2=O)cc1OCC.